The van der Waals surface area contributed by atoms with E-state index in [0.29, 0.717) is 17.2 Å². The standard InChI is InChI=1S/C24H30ClFN6S/c1-30-10-12-32(13-11-30)22-15-23(21(26)14-19(22)16-28-29-24(27)33)31-8-6-18(7-9-31)17-2-4-20(25)5-3-17/h2-5,14-16,18H,6-13H2,1H3,(H3,27,29,33). The Morgan fingerprint density at radius 3 is 2.33 bits per heavy atom. The Morgan fingerprint density at radius 1 is 1.06 bits per heavy atom. The summed E-state index contributed by atoms with van der Waals surface area (Å²) in [5, 5.41) is 4.91. The van der Waals surface area contributed by atoms with Crippen LogP contribution in [0.1, 0.15) is 29.9 Å². The van der Waals surface area contributed by atoms with E-state index < -0.39 is 0 Å². The Balaban J connectivity index is 1.55. The number of nitrogens with one attached hydrogen (secondary N) is 1. The van der Waals surface area contributed by atoms with Crippen LogP contribution in [-0.4, -0.2) is 62.5 Å². The molecule has 2 saturated heterocycles. The highest BCUT2D eigenvalue weighted by Crippen LogP contribution is 2.35. The minimum atomic E-state index is -0.241. The average Bonchev–Trinajstić information content (AvgIpc) is 2.80. The summed E-state index contributed by atoms with van der Waals surface area (Å²) in [5.74, 6) is 0.228. The molecule has 2 aliphatic heterocycles. The van der Waals surface area contributed by atoms with Crippen LogP contribution >= 0.6 is 23.8 Å². The maximum absolute atomic E-state index is 15.3. The van der Waals surface area contributed by atoms with E-state index in [1.165, 1.54) is 5.56 Å². The number of nitrogens with zero attached hydrogens (tertiary/aromatic N) is 4. The van der Waals surface area contributed by atoms with Gasteiger partial charge in [-0.3, -0.25) is 5.43 Å². The summed E-state index contributed by atoms with van der Waals surface area (Å²) in [5.41, 5.74) is 11.7. The number of piperidine rings is 1. The fourth-order valence-corrected chi connectivity index (χ4v) is 4.77. The third-order valence-electron chi connectivity index (χ3n) is 6.50. The predicted molar refractivity (Wildman–Crippen MR) is 139 cm³/mol. The van der Waals surface area contributed by atoms with Crippen molar-refractivity contribution in [1.29, 1.82) is 0 Å². The van der Waals surface area contributed by atoms with E-state index in [1.807, 2.05) is 18.2 Å². The van der Waals surface area contributed by atoms with Gasteiger partial charge in [0.15, 0.2) is 5.11 Å². The lowest BCUT2D eigenvalue weighted by Crippen LogP contribution is -2.45. The zero-order valence-corrected chi connectivity index (χ0v) is 20.4. The van der Waals surface area contributed by atoms with Crippen molar-refractivity contribution < 1.29 is 4.39 Å². The van der Waals surface area contributed by atoms with E-state index in [4.69, 9.17) is 29.6 Å². The van der Waals surface area contributed by atoms with Gasteiger partial charge in [-0.25, -0.2) is 4.39 Å². The molecule has 0 atom stereocenters. The van der Waals surface area contributed by atoms with Crippen molar-refractivity contribution in [2.24, 2.45) is 10.8 Å². The van der Waals surface area contributed by atoms with E-state index >= 15 is 4.39 Å². The van der Waals surface area contributed by atoms with Gasteiger partial charge in [-0.15, -0.1) is 0 Å². The molecule has 0 aromatic heterocycles. The van der Waals surface area contributed by atoms with E-state index in [2.05, 4.69) is 44.4 Å². The zero-order chi connectivity index (χ0) is 23.4. The minimum absolute atomic E-state index is 0.0769. The lowest BCUT2D eigenvalue weighted by molar-refractivity contribution is 0.313. The van der Waals surface area contributed by atoms with Gasteiger partial charge in [0.25, 0.3) is 0 Å². The molecule has 4 rings (SSSR count). The number of piperazine rings is 1. The number of anilines is 2. The van der Waals surface area contributed by atoms with Gasteiger partial charge in [0.2, 0.25) is 0 Å². The number of halogens is 2. The topological polar surface area (TPSA) is 60.1 Å². The maximum atomic E-state index is 15.3. The van der Waals surface area contributed by atoms with Crippen LogP contribution in [0.15, 0.2) is 41.5 Å². The van der Waals surface area contributed by atoms with Crippen molar-refractivity contribution in [2.75, 3.05) is 56.1 Å². The SMILES string of the molecule is CN1CCN(c2cc(N3CCC(c4ccc(Cl)cc4)CC3)c(F)cc2C=NNC(N)=S)CC1. The normalized spacial score (nSPS) is 18.2. The highest BCUT2D eigenvalue weighted by atomic mass is 35.5. The molecule has 6 nitrogen and oxygen atoms in total. The molecule has 2 aromatic carbocycles. The van der Waals surface area contributed by atoms with Gasteiger partial charge < -0.3 is 20.4 Å². The Hall–Kier alpha value is -2.42. The molecule has 0 aliphatic carbocycles. The number of hydrogen-bond acceptors (Lipinski definition) is 5. The first-order valence-corrected chi connectivity index (χ1v) is 12.1. The van der Waals surface area contributed by atoms with Crippen molar-refractivity contribution in [1.82, 2.24) is 10.3 Å². The van der Waals surface area contributed by atoms with Gasteiger partial charge in [0.1, 0.15) is 5.82 Å². The molecule has 0 unspecified atom stereocenters. The summed E-state index contributed by atoms with van der Waals surface area (Å²) in [6.45, 7) is 5.29. The Morgan fingerprint density at radius 2 is 1.70 bits per heavy atom. The Bertz CT molecular complexity index is 999. The number of hydrazone groups is 1. The molecule has 33 heavy (non-hydrogen) atoms. The number of benzene rings is 2. The van der Waals surface area contributed by atoms with Crippen LogP contribution in [-0.2, 0) is 0 Å². The largest absolute Gasteiger partial charge is 0.375 e. The van der Waals surface area contributed by atoms with Gasteiger partial charge in [-0.1, -0.05) is 23.7 Å². The fraction of sp³-hybridized carbons (Fsp3) is 0.417. The van der Waals surface area contributed by atoms with Crippen molar-refractivity contribution in [3.8, 4) is 0 Å². The molecule has 2 aliphatic rings. The summed E-state index contributed by atoms with van der Waals surface area (Å²) in [6, 6.07) is 11.6. The molecule has 176 valence electrons. The number of hydrogen-bond donors (Lipinski definition) is 2. The van der Waals surface area contributed by atoms with E-state index in [1.54, 1.807) is 12.3 Å². The molecule has 0 saturated carbocycles. The summed E-state index contributed by atoms with van der Waals surface area (Å²) >= 11 is 10.9. The summed E-state index contributed by atoms with van der Waals surface area (Å²) in [7, 11) is 2.12. The predicted octanol–water partition coefficient (Wildman–Crippen LogP) is 3.78. The van der Waals surface area contributed by atoms with Crippen LogP contribution in [0.5, 0.6) is 0 Å². The van der Waals surface area contributed by atoms with Gasteiger partial charge in [-0.2, -0.15) is 5.10 Å². The van der Waals surface area contributed by atoms with Crippen LogP contribution in [0.2, 0.25) is 5.02 Å². The second-order valence-electron chi connectivity index (χ2n) is 8.70. The Labute approximate surface area is 205 Å². The minimum Gasteiger partial charge on any atom is -0.375 e. The first-order chi connectivity index (χ1) is 15.9. The molecule has 9 heteroatoms. The summed E-state index contributed by atoms with van der Waals surface area (Å²) < 4.78 is 15.3. The summed E-state index contributed by atoms with van der Waals surface area (Å²) in [4.78, 5) is 6.76. The van der Waals surface area contributed by atoms with Gasteiger partial charge in [-0.05, 0) is 67.9 Å². The molecule has 0 bridgehead atoms. The van der Waals surface area contributed by atoms with E-state index in [-0.39, 0.29) is 10.9 Å². The third kappa shape index (κ3) is 5.93. The molecule has 2 aromatic rings. The van der Waals surface area contributed by atoms with Gasteiger partial charge in [0, 0.05) is 55.5 Å². The Kier molecular flexibility index (Phi) is 7.67. The number of likely N-dealkylation sites (N-methyl/N-ethyl adjacent to an activating group) is 1. The van der Waals surface area contributed by atoms with Crippen LogP contribution in [0, 0.1) is 5.82 Å². The monoisotopic (exact) mass is 488 g/mol. The van der Waals surface area contributed by atoms with E-state index in [0.717, 1.165) is 62.8 Å². The number of thiocarbonyl (C=S) groups is 1. The lowest BCUT2D eigenvalue weighted by atomic mass is 9.89. The molecule has 2 heterocycles. The molecule has 3 N–H and O–H groups in total. The highest BCUT2D eigenvalue weighted by molar-refractivity contribution is 7.80. The van der Waals surface area contributed by atoms with Crippen LogP contribution in [0.3, 0.4) is 0 Å². The molecular weight excluding hydrogens is 459 g/mol. The number of nitrogens with two attached hydrogens (primary N) is 1. The van der Waals surface area contributed by atoms with Gasteiger partial charge in [0.05, 0.1) is 11.9 Å². The van der Waals surface area contributed by atoms with Crippen molar-refractivity contribution in [2.45, 2.75) is 18.8 Å². The van der Waals surface area contributed by atoms with E-state index in [9.17, 15) is 0 Å². The fourth-order valence-electron chi connectivity index (χ4n) is 4.59. The molecule has 0 radical (unpaired) electrons. The third-order valence-corrected chi connectivity index (χ3v) is 6.84. The second-order valence-corrected chi connectivity index (χ2v) is 9.58. The first kappa shape index (κ1) is 23.7. The van der Waals surface area contributed by atoms with Crippen molar-refractivity contribution in [3.05, 3.63) is 58.4 Å². The molecule has 0 amide bonds. The molecule has 0 spiro atoms. The smallest absolute Gasteiger partial charge is 0.184 e. The molecular formula is C24H30ClFN6S. The summed E-state index contributed by atoms with van der Waals surface area (Å²) in [6.07, 6.45) is 3.55. The quantitative estimate of drug-likeness (QED) is 0.379. The second kappa shape index (κ2) is 10.7. The average molecular weight is 489 g/mol. The van der Waals surface area contributed by atoms with Gasteiger partial charge >= 0.3 is 0 Å². The molecule has 2 fully saturated rings. The van der Waals surface area contributed by atoms with Crippen LogP contribution in [0.4, 0.5) is 15.8 Å². The van der Waals surface area contributed by atoms with Crippen LogP contribution in [0.25, 0.3) is 0 Å². The van der Waals surface area contributed by atoms with Crippen LogP contribution < -0.4 is 21.0 Å². The lowest BCUT2D eigenvalue weighted by Gasteiger charge is -2.37. The maximum Gasteiger partial charge on any atom is 0.184 e. The van der Waals surface area contributed by atoms with Crippen molar-refractivity contribution >= 4 is 46.5 Å². The number of rotatable bonds is 5. The highest BCUT2D eigenvalue weighted by Gasteiger charge is 2.25. The van der Waals surface area contributed by atoms with Crippen molar-refractivity contribution in [3.63, 3.8) is 0 Å². The first-order valence-electron chi connectivity index (χ1n) is 11.3. The zero-order valence-electron chi connectivity index (χ0n) is 18.8.